The molecule has 1 amide bonds. The second-order valence-corrected chi connectivity index (χ2v) is 4.65. The number of anilines is 1. The number of pyridine rings is 1. The van der Waals surface area contributed by atoms with E-state index in [0.717, 1.165) is 17.8 Å². The summed E-state index contributed by atoms with van der Waals surface area (Å²) >= 11 is 0. The Labute approximate surface area is 121 Å². The van der Waals surface area contributed by atoms with Gasteiger partial charge in [-0.3, -0.25) is 4.79 Å². The van der Waals surface area contributed by atoms with Gasteiger partial charge in [0, 0.05) is 18.3 Å². The van der Waals surface area contributed by atoms with Crippen LogP contribution < -0.4 is 5.32 Å². The zero-order chi connectivity index (χ0) is 14.8. The number of nitrogens with zero attached hydrogens (tertiary/aromatic N) is 2. The van der Waals surface area contributed by atoms with E-state index in [-0.39, 0.29) is 11.7 Å². The summed E-state index contributed by atoms with van der Waals surface area (Å²) in [5.74, 6) is 0.188. The first-order chi connectivity index (χ1) is 10.2. The molecule has 1 aromatic carbocycles. The first-order valence-corrected chi connectivity index (χ1v) is 6.72. The fraction of sp³-hybridized carbons (Fsp3) is 0.125. The smallest absolute Gasteiger partial charge is 0.276 e. The molecular formula is C16H14FN3O. The van der Waals surface area contributed by atoms with Crippen LogP contribution in [0.1, 0.15) is 23.2 Å². The maximum Gasteiger partial charge on any atom is 0.276 e. The Kier molecular flexibility index (Phi) is 3.39. The van der Waals surface area contributed by atoms with Crippen LogP contribution in [0.25, 0.3) is 5.52 Å². The summed E-state index contributed by atoms with van der Waals surface area (Å²) in [4.78, 5) is 16.8. The van der Waals surface area contributed by atoms with Crippen LogP contribution in [-0.4, -0.2) is 15.3 Å². The Morgan fingerprint density at radius 2 is 2.00 bits per heavy atom. The van der Waals surface area contributed by atoms with Crippen molar-refractivity contribution in [2.75, 3.05) is 5.32 Å². The van der Waals surface area contributed by atoms with Gasteiger partial charge in [-0.15, -0.1) is 0 Å². The van der Waals surface area contributed by atoms with E-state index in [2.05, 4.69) is 10.3 Å². The number of rotatable bonds is 3. The molecule has 0 radical (unpaired) electrons. The van der Waals surface area contributed by atoms with Gasteiger partial charge in [-0.25, -0.2) is 9.37 Å². The molecule has 0 saturated carbocycles. The van der Waals surface area contributed by atoms with E-state index >= 15 is 0 Å². The molecule has 21 heavy (non-hydrogen) atoms. The molecule has 0 spiro atoms. The fourth-order valence-electron chi connectivity index (χ4n) is 2.24. The molecule has 106 valence electrons. The van der Waals surface area contributed by atoms with Crippen molar-refractivity contribution in [3.05, 3.63) is 66.0 Å². The molecule has 1 N–H and O–H groups in total. The Hall–Kier alpha value is -2.69. The summed E-state index contributed by atoms with van der Waals surface area (Å²) < 4.78 is 14.8. The lowest BCUT2D eigenvalue weighted by Gasteiger charge is -2.03. The van der Waals surface area contributed by atoms with Gasteiger partial charge in [-0.05, 0) is 36.4 Å². The maximum absolute atomic E-state index is 12.9. The Bertz CT molecular complexity index is 793. The van der Waals surface area contributed by atoms with Crippen molar-refractivity contribution in [3.63, 3.8) is 0 Å². The average Bonchev–Trinajstić information content (AvgIpc) is 2.88. The standard InChI is InChI=1S/C16H14FN3O/c1-2-14-19-15(13-5-3-4-10-20(13)14)16(21)18-12-8-6-11(17)7-9-12/h3-10H,2H2,1H3,(H,18,21). The molecule has 0 fully saturated rings. The van der Waals surface area contributed by atoms with Crippen LogP contribution in [0.2, 0.25) is 0 Å². The first-order valence-electron chi connectivity index (χ1n) is 6.72. The fourth-order valence-corrected chi connectivity index (χ4v) is 2.24. The van der Waals surface area contributed by atoms with Gasteiger partial charge in [0.2, 0.25) is 0 Å². The van der Waals surface area contributed by atoms with Crippen LogP contribution in [0.3, 0.4) is 0 Å². The van der Waals surface area contributed by atoms with Crippen molar-refractivity contribution in [1.82, 2.24) is 9.38 Å². The molecule has 3 rings (SSSR count). The van der Waals surface area contributed by atoms with Gasteiger partial charge in [0.05, 0.1) is 5.52 Å². The van der Waals surface area contributed by atoms with E-state index in [1.165, 1.54) is 24.3 Å². The van der Waals surface area contributed by atoms with Crippen LogP contribution >= 0.6 is 0 Å². The number of benzene rings is 1. The van der Waals surface area contributed by atoms with Crippen molar-refractivity contribution >= 4 is 17.1 Å². The second kappa shape index (κ2) is 5.36. The molecule has 0 atom stereocenters. The summed E-state index contributed by atoms with van der Waals surface area (Å²) in [6, 6.07) is 11.3. The third-order valence-electron chi connectivity index (χ3n) is 3.25. The number of aryl methyl sites for hydroxylation is 1. The molecule has 0 aliphatic rings. The van der Waals surface area contributed by atoms with Gasteiger partial charge in [-0.1, -0.05) is 13.0 Å². The number of carbonyl (C=O) groups excluding carboxylic acids is 1. The summed E-state index contributed by atoms with van der Waals surface area (Å²) in [5.41, 5.74) is 1.67. The van der Waals surface area contributed by atoms with Crippen LogP contribution in [0.5, 0.6) is 0 Å². The van der Waals surface area contributed by atoms with Crippen molar-refractivity contribution in [1.29, 1.82) is 0 Å². The molecule has 2 aromatic heterocycles. The zero-order valence-electron chi connectivity index (χ0n) is 11.5. The van der Waals surface area contributed by atoms with Crippen molar-refractivity contribution in [3.8, 4) is 0 Å². The SMILES string of the molecule is CCc1nc(C(=O)Nc2ccc(F)cc2)c2ccccn12. The maximum atomic E-state index is 12.9. The van der Waals surface area contributed by atoms with E-state index in [1.54, 1.807) is 0 Å². The summed E-state index contributed by atoms with van der Waals surface area (Å²) in [6.45, 7) is 1.99. The van der Waals surface area contributed by atoms with Crippen LogP contribution in [-0.2, 0) is 6.42 Å². The van der Waals surface area contributed by atoms with E-state index in [0.29, 0.717) is 11.4 Å². The number of halogens is 1. The topological polar surface area (TPSA) is 46.4 Å². The van der Waals surface area contributed by atoms with Gasteiger partial charge < -0.3 is 9.72 Å². The number of fused-ring (bicyclic) bond motifs is 1. The zero-order valence-corrected chi connectivity index (χ0v) is 11.5. The van der Waals surface area contributed by atoms with Gasteiger partial charge >= 0.3 is 0 Å². The van der Waals surface area contributed by atoms with E-state index in [1.807, 2.05) is 35.7 Å². The number of hydrogen-bond donors (Lipinski definition) is 1. The molecule has 0 aliphatic carbocycles. The quantitative estimate of drug-likeness (QED) is 0.801. The molecular weight excluding hydrogens is 269 g/mol. The van der Waals surface area contributed by atoms with E-state index in [9.17, 15) is 9.18 Å². The number of carbonyl (C=O) groups is 1. The molecule has 0 unspecified atom stereocenters. The highest BCUT2D eigenvalue weighted by Crippen LogP contribution is 2.16. The van der Waals surface area contributed by atoms with Crippen LogP contribution in [0.4, 0.5) is 10.1 Å². The van der Waals surface area contributed by atoms with Crippen molar-refractivity contribution in [2.24, 2.45) is 0 Å². The van der Waals surface area contributed by atoms with Gasteiger partial charge in [-0.2, -0.15) is 0 Å². The number of amides is 1. The van der Waals surface area contributed by atoms with Gasteiger partial charge in [0.25, 0.3) is 5.91 Å². The first kappa shape index (κ1) is 13.3. The second-order valence-electron chi connectivity index (χ2n) is 4.65. The molecule has 4 nitrogen and oxygen atoms in total. The van der Waals surface area contributed by atoms with Crippen molar-refractivity contribution < 1.29 is 9.18 Å². The lowest BCUT2D eigenvalue weighted by atomic mass is 10.2. The highest BCUT2D eigenvalue weighted by atomic mass is 19.1. The van der Waals surface area contributed by atoms with Gasteiger partial charge in [0.15, 0.2) is 5.69 Å². The normalized spacial score (nSPS) is 10.8. The third-order valence-corrected chi connectivity index (χ3v) is 3.25. The number of aromatic nitrogens is 2. The van der Waals surface area contributed by atoms with E-state index in [4.69, 9.17) is 0 Å². The van der Waals surface area contributed by atoms with Crippen molar-refractivity contribution in [2.45, 2.75) is 13.3 Å². The molecule has 0 aliphatic heterocycles. The Morgan fingerprint density at radius 1 is 1.24 bits per heavy atom. The average molecular weight is 283 g/mol. The molecule has 2 heterocycles. The summed E-state index contributed by atoms with van der Waals surface area (Å²) in [6.07, 6.45) is 2.62. The highest BCUT2D eigenvalue weighted by Gasteiger charge is 2.16. The minimum absolute atomic E-state index is 0.301. The third kappa shape index (κ3) is 2.50. The summed E-state index contributed by atoms with van der Waals surface area (Å²) in [5, 5.41) is 2.73. The predicted molar refractivity (Wildman–Crippen MR) is 78.9 cm³/mol. The van der Waals surface area contributed by atoms with Gasteiger partial charge in [0.1, 0.15) is 11.6 Å². The van der Waals surface area contributed by atoms with E-state index < -0.39 is 0 Å². The van der Waals surface area contributed by atoms with Crippen LogP contribution in [0, 0.1) is 5.82 Å². The molecule has 0 bridgehead atoms. The minimum atomic E-state index is -0.339. The molecule has 5 heteroatoms. The largest absolute Gasteiger partial charge is 0.321 e. The Balaban J connectivity index is 1.96. The predicted octanol–water partition coefficient (Wildman–Crippen LogP) is 3.29. The summed E-state index contributed by atoms with van der Waals surface area (Å²) in [7, 11) is 0. The van der Waals surface area contributed by atoms with Crippen LogP contribution in [0.15, 0.2) is 48.7 Å². The lowest BCUT2D eigenvalue weighted by molar-refractivity contribution is 0.102. The number of hydrogen-bond acceptors (Lipinski definition) is 2. The number of nitrogens with one attached hydrogen (secondary N) is 1. The minimum Gasteiger partial charge on any atom is -0.321 e. The monoisotopic (exact) mass is 283 g/mol. The molecule has 3 aromatic rings. The number of imidazole rings is 1. The highest BCUT2D eigenvalue weighted by molar-refractivity contribution is 6.07. The Morgan fingerprint density at radius 3 is 2.71 bits per heavy atom. The molecule has 0 saturated heterocycles. The lowest BCUT2D eigenvalue weighted by Crippen LogP contribution is -2.12.